The van der Waals surface area contributed by atoms with Crippen LogP contribution in [0, 0.1) is 23.3 Å². The van der Waals surface area contributed by atoms with E-state index in [-0.39, 0.29) is 25.8 Å². The zero-order valence-electron chi connectivity index (χ0n) is 18.1. The number of hydrogen-bond donors (Lipinski definition) is 2. The number of ether oxygens (including phenoxy) is 1. The number of nitrogens with one attached hydrogen (secondary N) is 1. The van der Waals surface area contributed by atoms with E-state index in [1.54, 1.807) is 7.05 Å². The Balaban J connectivity index is 1.97. The fraction of sp³-hybridized carbons (Fsp3) is 0.304. The van der Waals surface area contributed by atoms with E-state index in [0.29, 0.717) is 19.0 Å². The highest BCUT2D eigenvalue weighted by Gasteiger charge is 2.29. The maximum Gasteiger partial charge on any atom is 0.341 e. The summed E-state index contributed by atoms with van der Waals surface area (Å²) in [5.74, 6) is -5.91. The fourth-order valence-electron chi connectivity index (χ4n) is 4.12. The van der Waals surface area contributed by atoms with Gasteiger partial charge in [-0.25, -0.2) is 22.4 Å². The smallest absolute Gasteiger partial charge is 0.341 e. The molecule has 7 nitrogen and oxygen atoms in total. The number of carboxylic acids is 1. The van der Waals surface area contributed by atoms with Gasteiger partial charge in [0.05, 0.1) is 29.3 Å². The molecule has 1 unspecified atom stereocenters. The molecule has 3 aromatic rings. The summed E-state index contributed by atoms with van der Waals surface area (Å²) in [6, 6.07) is 3.17. The summed E-state index contributed by atoms with van der Waals surface area (Å²) in [6.07, 6.45) is 1.04. The van der Waals surface area contributed by atoms with Gasteiger partial charge in [-0.2, -0.15) is 0 Å². The van der Waals surface area contributed by atoms with E-state index in [1.807, 2.05) is 0 Å². The monoisotopic (exact) mass is 479 g/mol. The van der Waals surface area contributed by atoms with Crippen molar-refractivity contribution < 1.29 is 32.2 Å². The highest BCUT2D eigenvalue weighted by atomic mass is 19.1. The van der Waals surface area contributed by atoms with Crippen LogP contribution in [0.1, 0.15) is 16.8 Å². The van der Waals surface area contributed by atoms with Gasteiger partial charge in [0.15, 0.2) is 5.82 Å². The summed E-state index contributed by atoms with van der Waals surface area (Å²) < 4.78 is 65.6. The third kappa shape index (κ3) is 4.24. The molecule has 1 fully saturated rings. The summed E-state index contributed by atoms with van der Waals surface area (Å²) >= 11 is 0. The number of rotatable bonds is 6. The number of benzene rings is 2. The third-order valence-corrected chi connectivity index (χ3v) is 5.73. The van der Waals surface area contributed by atoms with Crippen LogP contribution in [0.2, 0.25) is 0 Å². The van der Waals surface area contributed by atoms with Gasteiger partial charge in [0.2, 0.25) is 5.43 Å². The van der Waals surface area contributed by atoms with Crippen molar-refractivity contribution in [3.63, 3.8) is 0 Å². The lowest BCUT2D eigenvalue weighted by Gasteiger charge is -2.35. The number of fused-ring (bicyclic) bond motifs is 1. The molecule has 0 amide bonds. The molecule has 1 saturated heterocycles. The average Bonchev–Trinajstić information content (AvgIpc) is 2.79. The molecule has 34 heavy (non-hydrogen) atoms. The number of pyridine rings is 1. The van der Waals surface area contributed by atoms with Gasteiger partial charge in [0.1, 0.15) is 28.7 Å². The second-order valence-electron chi connectivity index (χ2n) is 7.89. The maximum absolute atomic E-state index is 15.9. The lowest BCUT2D eigenvalue weighted by molar-refractivity contribution is 0.0353. The molecule has 1 aliphatic heterocycles. The molecule has 0 spiro atoms. The number of carbonyl (C=O) groups is 1. The van der Waals surface area contributed by atoms with Gasteiger partial charge in [-0.3, -0.25) is 4.79 Å². The Morgan fingerprint density at radius 2 is 1.97 bits per heavy atom. The number of carboxylic acid groups (broad SMARTS) is 1. The van der Waals surface area contributed by atoms with Crippen molar-refractivity contribution in [2.75, 3.05) is 38.2 Å². The lowest BCUT2D eigenvalue weighted by Crippen LogP contribution is -2.44. The minimum Gasteiger partial charge on any atom is -0.477 e. The van der Waals surface area contributed by atoms with Crippen molar-refractivity contribution in [2.45, 2.75) is 12.5 Å². The fourth-order valence-corrected chi connectivity index (χ4v) is 4.12. The van der Waals surface area contributed by atoms with Gasteiger partial charge in [-0.15, -0.1) is 0 Å². The zero-order chi connectivity index (χ0) is 24.6. The molecule has 1 atom stereocenters. The predicted octanol–water partition coefficient (Wildman–Crippen LogP) is 3.06. The van der Waals surface area contributed by atoms with Crippen LogP contribution in [0.15, 0.2) is 35.3 Å². The van der Waals surface area contributed by atoms with Gasteiger partial charge in [0, 0.05) is 25.4 Å². The van der Waals surface area contributed by atoms with Gasteiger partial charge in [0.25, 0.3) is 0 Å². The predicted molar refractivity (Wildman–Crippen MR) is 117 cm³/mol. The zero-order valence-corrected chi connectivity index (χ0v) is 18.1. The van der Waals surface area contributed by atoms with Crippen molar-refractivity contribution in [1.82, 2.24) is 9.88 Å². The minimum atomic E-state index is -1.66. The van der Waals surface area contributed by atoms with E-state index in [4.69, 9.17) is 4.74 Å². The molecular formula is C23H21F4N3O4. The Hall–Kier alpha value is -3.44. The first kappa shape index (κ1) is 23.7. The van der Waals surface area contributed by atoms with Crippen LogP contribution in [0.5, 0.6) is 0 Å². The quantitative estimate of drug-likeness (QED) is 0.529. The Kier molecular flexibility index (Phi) is 6.58. The Labute approximate surface area is 191 Å². The summed E-state index contributed by atoms with van der Waals surface area (Å²) in [5, 5.41) is 11.8. The standard InChI is InChI=1S/C23H21F4N3O4/c1-28-5-4-13-10-29(6-7-34-13)21-17(26)9-14-20(19(21)27)30(11-15(22(14)31)23(32)33)18-3-2-12(24)8-16(18)25/h2-3,8-9,11,13,28H,4-7,10H2,1H3,(H,32,33). The Bertz CT molecular complexity index is 1330. The number of morpholine rings is 1. The molecule has 4 rings (SSSR count). The van der Waals surface area contributed by atoms with Gasteiger partial charge >= 0.3 is 5.97 Å². The number of aromatic carboxylic acids is 1. The van der Waals surface area contributed by atoms with Crippen molar-refractivity contribution in [1.29, 1.82) is 0 Å². The topological polar surface area (TPSA) is 83.8 Å². The summed E-state index contributed by atoms with van der Waals surface area (Å²) in [7, 11) is 1.77. The van der Waals surface area contributed by atoms with Crippen molar-refractivity contribution >= 4 is 22.6 Å². The number of halogens is 4. The molecule has 0 radical (unpaired) electrons. The summed E-state index contributed by atoms with van der Waals surface area (Å²) in [4.78, 5) is 25.8. The first-order chi connectivity index (χ1) is 16.2. The van der Waals surface area contributed by atoms with E-state index in [9.17, 15) is 23.5 Å². The van der Waals surface area contributed by atoms with E-state index in [2.05, 4.69) is 5.32 Å². The van der Waals surface area contributed by atoms with Crippen LogP contribution in [0.4, 0.5) is 23.2 Å². The van der Waals surface area contributed by atoms with E-state index in [1.165, 1.54) is 4.90 Å². The first-order valence-electron chi connectivity index (χ1n) is 10.5. The molecular weight excluding hydrogens is 458 g/mol. The van der Waals surface area contributed by atoms with Crippen LogP contribution in [-0.4, -0.2) is 55.0 Å². The van der Waals surface area contributed by atoms with Crippen LogP contribution >= 0.6 is 0 Å². The molecule has 11 heteroatoms. The molecule has 2 heterocycles. The second-order valence-corrected chi connectivity index (χ2v) is 7.89. The maximum atomic E-state index is 15.9. The van der Waals surface area contributed by atoms with Crippen LogP contribution in [0.25, 0.3) is 16.6 Å². The van der Waals surface area contributed by atoms with E-state index >= 15 is 8.78 Å². The molecule has 2 N–H and O–H groups in total. The molecule has 180 valence electrons. The molecule has 1 aliphatic rings. The van der Waals surface area contributed by atoms with Gasteiger partial charge < -0.3 is 24.6 Å². The van der Waals surface area contributed by atoms with Gasteiger partial charge in [-0.05, 0) is 38.2 Å². The second kappa shape index (κ2) is 9.43. The molecule has 0 saturated carbocycles. The SMILES string of the molecule is CNCCC1CN(c2c(F)cc3c(=O)c(C(=O)O)cn(-c4ccc(F)cc4F)c3c2F)CCO1. The van der Waals surface area contributed by atoms with Crippen LogP contribution in [-0.2, 0) is 4.74 Å². The largest absolute Gasteiger partial charge is 0.477 e. The molecule has 0 aliphatic carbocycles. The number of aromatic nitrogens is 1. The third-order valence-electron chi connectivity index (χ3n) is 5.73. The van der Waals surface area contributed by atoms with E-state index in [0.717, 1.165) is 29.0 Å². The van der Waals surface area contributed by atoms with Gasteiger partial charge in [-0.1, -0.05) is 0 Å². The number of nitrogens with zero attached hydrogens (tertiary/aromatic N) is 2. The van der Waals surface area contributed by atoms with Crippen LogP contribution < -0.4 is 15.6 Å². The molecule has 2 aromatic carbocycles. The first-order valence-corrected chi connectivity index (χ1v) is 10.5. The average molecular weight is 479 g/mol. The highest BCUT2D eigenvalue weighted by molar-refractivity contribution is 5.94. The number of anilines is 1. The van der Waals surface area contributed by atoms with E-state index < -0.39 is 62.5 Å². The van der Waals surface area contributed by atoms with Crippen LogP contribution in [0.3, 0.4) is 0 Å². The van der Waals surface area contributed by atoms with Crippen molar-refractivity contribution in [3.05, 3.63) is 69.5 Å². The molecule has 0 bridgehead atoms. The van der Waals surface area contributed by atoms with Crippen molar-refractivity contribution in [3.8, 4) is 5.69 Å². The Morgan fingerprint density at radius 3 is 2.65 bits per heavy atom. The van der Waals surface area contributed by atoms with Crippen molar-refractivity contribution in [2.24, 2.45) is 0 Å². The summed E-state index contributed by atoms with van der Waals surface area (Å²) in [6.45, 7) is 1.17. The number of hydrogen-bond acceptors (Lipinski definition) is 5. The normalized spacial score (nSPS) is 16.3. The minimum absolute atomic E-state index is 0.164. The highest BCUT2D eigenvalue weighted by Crippen LogP contribution is 2.33. The summed E-state index contributed by atoms with van der Waals surface area (Å²) in [5.41, 5.74) is -3.31. The lowest BCUT2D eigenvalue weighted by atomic mass is 10.1. The Morgan fingerprint density at radius 1 is 1.21 bits per heavy atom. The molecule has 1 aromatic heterocycles.